The molecule has 9 nitrogen and oxygen atoms in total. The molecule has 3 aromatic carbocycles. The molecule has 3 aromatic rings. The van der Waals surface area contributed by atoms with Crippen molar-refractivity contribution in [1.29, 1.82) is 0 Å². The van der Waals surface area contributed by atoms with Gasteiger partial charge >= 0.3 is 0 Å². The molecule has 0 aliphatic carbocycles. The molecule has 0 fully saturated rings. The van der Waals surface area contributed by atoms with Crippen molar-refractivity contribution in [3.05, 3.63) is 83.4 Å². The molecule has 0 bridgehead atoms. The number of sulfonamides is 1. The Labute approximate surface area is 236 Å². The van der Waals surface area contributed by atoms with Crippen LogP contribution in [0.3, 0.4) is 0 Å². The lowest BCUT2D eigenvalue weighted by molar-refractivity contribution is -0.139. The lowest BCUT2D eigenvalue weighted by Crippen LogP contribution is -2.51. The van der Waals surface area contributed by atoms with E-state index < -0.39 is 28.5 Å². The summed E-state index contributed by atoms with van der Waals surface area (Å²) in [4.78, 5) is 28.3. The summed E-state index contributed by atoms with van der Waals surface area (Å²) in [5, 5.41) is 2.75. The number of aryl methyl sites for hydroxylation is 2. The van der Waals surface area contributed by atoms with Gasteiger partial charge in [-0.1, -0.05) is 35.9 Å². The smallest absolute Gasteiger partial charge is 0.264 e. The molecular formula is C30H37N3O6S. The van der Waals surface area contributed by atoms with E-state index in [9.17, 15) is 18.0 Å². The molecule has 0 saturated heterocycles. The van der Waals surface area contributed by atoms with Gasteiger partial charge in [0.2, 0.25) is 11.8 Å². The van der Waals surface area contributed by atoms with Crippen LogP contribution in [0.15, 0.2) is 71.6 Å². The summed E-state index contributed by atoms with van der Waals surface area (Å²) in [6, 6.07) is 17.8. The van der Waals surface area contributed by atoms with Crippen LogP contribution < -0.4 is 19.1 Å². The molecular weight excluding hydrogens is 530 g/mol. The highest BCUT2D eigenvalue weighted by atomic mass is 32.2. The number of rotatable bonds is 12. The molecule has 3 rings (SSSR count). The Balaban J connectivity index is 2.10. The molecule has 0 heterocycles. The Bertz CT molecular complexity index is 1440. The summed E-state index contributed by atoms with van der Waals surface area (Å²) in [6.45, 7) is 7.00. The molecule has 0 saturated carbocycles. The van der Waals surface area contributed by atoms with E-state index in [1.165, 1.54) is 24.1 Å². The Morgan fingerprint density at radius 2 is 1.60 bits per heavy atom. The standard InChI is InChI=1S/C30H37N3O6S/c1-7-31-30(35)23(4)32(19-24-9-8-10-25(18-24)38-5)29(34)20-33(27-17-22(3)13-16-28(27)39-6)40(36,37)26-14-11-21(2)12-15-26/h8-18,23H,7,19-20H2,1-6H3,(H,31,35)/t23-/m0/s1. The maximum Gasteiger partial charge on any atom is 0.264 e. The van der Waals surface area contributed by atoms with Crippen LogP contribution in [-0.2, 0) is 26.2 Å². The van der Waals surface area contributed by atoms with Gasteiger partial charge in [-0.25, -0.2) is 8.42 Å². The topological polar surface area (TPSA) is 105 Å². The van der Waals surface area contributed by atoms with Gasteiger partial charge in [0, 0.05) is 13.1 Å². The number of ether oxygens (including phenoxy) is 2. The minimum absolute atomic E-state index is 0.0329. The van der Waals surface area contributed by atoms with Gasteiger partial charge in [0.05, 0.1) is 24.8 Å². The molecule has 40 heavy (non-hydrogen) atoms. The molecule has 0 spiro atoms. The molecule has 214 valence electrons. The monoisotopic (exact) mass is 567 g/mol. The van der Waals surface area contributed by atoms with Crippen LogP contribution in [-0.4, -0.2) is 58.5 Å². The number of benzene rings is 3. The van der Waals surface area contributed by atoms with E-state index >= 15 is 0 Å². The van der Waals surface area contributed by atoms with E-state index in [0.717, 1.165) is 21.0 Å². The molecule has 0 aromatic heterocycles. The number of nitrogens with zero attached hydrogens (tertiary/aromatic N) is 2. The number of methoxy groups -OCH3 is 2. The minimum atomic E-state index is -4.20. The van der Waals surface area contributed by atoms with E-state index in [-0.39, 0.29) is 23.0 Å². The summed E-state index contributed by atoms with van der Waals surface area (Å²) in [5.41, 5.74) is 2.64. The first-order chi connectivity index (χ1) is 19.0. The zero-order chi connectivity index (χ0) is 29.4. The fourth-order valence-corrected chi connectivity index (χ4v) is 5.63. The van der Waals surface area contributed by atoms with Gasteiger partial charge in [0.1, 0.15) is 24.1 Å². The quantitative estimate of drug-likeness (QED) is 0.354. The normalized spacial score (nSPS) is 11.8. The largest absolute Gasteiger partial charge is 0.497 e. The van der Waals surface area contributed by atoms with E-state index in [0.29, 0.717) is 18.0 Å². The van der Waals surface area contributed by atoms with Crippen molar-refractivity contribution in [3.63, 3.8) is 0 Å². The lowest BCUT2D eigenvalue weighted by Gasteiger charge is -2.32. The second kappa shape index (κ2) is 13.3. The zero-order valence-corrected chi connectivity index (χ0v) is 24.6. The van der Waals surface area contributed by atoms with E-state index in [2.05, 4.69) is 5.32 Å². The Morgan fingerprint density at radius 1 is 0.925 bits per heavy atom. The van der Waals surface area contributed by atoms with Crippen molar-refractivity contribution in [2.45, 2.75) is 45.2 Å². The number of anilines is 1. The fourth-order valence-electron chi connectivity index (χ4n) is 4.22. The maximum absolute atomic E-state index is 14.0. The van der Waals surface area contributed by atoms with Crippen molar-refractivity contribution in [3.8, 4) is 11.5 Å². The predicted molar refractivity (Wildman–Crippen MR) is 155 cm³/mol. The number of carbonyl (C=O) groups is 2. The molecule has 0 radical (unpaired) electrons. The summed E-state index contributed by atoms with van der Waals surface area (Å²) in [6.07, 6.45) is 0. The van der Waals surface area contributed by atoms with Crippen molar-refractivity contribution >= 4 is 27.5 Å². The Kier molecular flexibility index (Phi) is 10.2. The number of hydrogen-bond donors (Lipinski definition) is 1. The molecule has 0 aliphatic rings. The highest BCUT2D eigenvalue weighted by Crippen LogP contribution is 2.34. The van der Waals surface area contributed by atoms with Crippen LogP contribution in [0.5, 0.6) is 11.5 Å². The first-order valence-electron chi connectivity index (χ1n) is 13.0. The van der Waals surface area contributed by atoms with Gasteiger partial charge in [0.15, 0.2) is 0 Å². The third-order valence-corrected chi connectivity index (χ3v) is 8.27. The first-order valence-corrected chi connectivity index (χ1v) is 14.4. The Hall–Kier alpha value is -4.05. The molecule has 2 amide bonds. The second-order valence-electron chi connectivity index (χ2n) is 9.44. The third-order valence-electron chi connectivity index (χ3n) is 6.50. The molecule has 10 heteroatoms. The average Bonchev–Trinajstić information content (AvgIpc) is 2.94. The predicted octanol–water partition coefficient (Wildman–Crippen LogP) is 4.07. The number of nitrogens with one attached hydrogen (secondary N) is 1. The first kappa shape index (κ1) is 30.5. The van der Waals surface area contributed by atoms with Crippen LogP contribution in [0.25, 0.3) is 0 Å². The zero-order valence-electron chi connectivity index (χ0n) is 23.8. The Morgan fingerprint density at radius 3 is 2.23 bits per heavy atom. The highest BCUT2D eigenvalue weighted by molar-refractivity contribution is 7.92. The summed E-state index contributed by atoms with van der Waals surface area (Å²) in [7, 11) is -1.22. The average molecular weight is 568 g/mol. The van der Waals surface area contributed by atoms with Crippen molar-refractivity contribution in [2.24, 2.45) is 0 Å². The number of carbonyl (C=O) groups excluding carboxylic acids is 2. The van der Waals surface area contributed by atoms with E-state index in [1.807, 2.05) is 19.9 Å². The third kappa shape index (κ3) is 7.12. The number of hydrogen-bond acceptors (Lipinski definition) is 6. The van der Waals surface area contributed by atoms with Crippen molar-refractivity contribution in [2.75, 3.05) is 31.6 Å². The minimum Gasteiger partial charge on any atom is -0.497 e. The highest BCUT2D eigenvalue weighted by Gasteiger charge is 2.33. The van der Waals surface area contributed by atoms with Gasteiger partial charge in [-0.15, -0.1) is 0 Å². The molecule has 1 atom stereocenters. The van der Waals surface area contributed by atoms with Crippen LogP contribution >= 0.6 is 0 Å². The molecule has 0 unspecified atom stereocenters. The maximum atomic E-state index is 14.0. The van der Waals surface area contributed by atoms with Crippen LogP contribution in [0.2, 0.25) is 0 Å². The fraction of sp³-hybridized carbons (Fsp3) is 0.333. The lowest BCUT2D eigenvalue weighted by atomic mass is 10.1. The van der Waals surface area contributed by atoms with Crippen LogP contribution in [0.1, 0.15) is 30.5 Å². The van der Waals surface area contributed by atoms with Crippen molar-refractivity contribution < 1.29 is 27.5 Å². The summed E-state index contributed by atoms with van der Waals surface area (Å²) >= 11 is 0. The summed E-state index contributed by atoms with van der Waals surface area (Å²) < 4.78 is 39.9. The van der Waals surface area contributed by atoms with Crippen LogP contribution in [0, 0.1) is 13.8 Å². The SMILES string of the molecule is CCNC(=O)[C@H](C)N(Cc1cccc(OC)c1)C(=O)CN(c1cc(C)ccc1OC)S(=O)(=O)c1ccc(C)cc1. The van der Waals surface area contributed by atoms with E-state index in [1.54, 1.807) is 69.5 Å². The van der Waals surface area contributed by atoms with Crippen LogP contribution in [0.4, 0.5) is 5.69 Å². The molecule has 1 N–H and O–H groups in total. The number of likely N-dealkylation sites (N-methyl/N-ethyl adjacent to an activating group) is 1. The van der Waals surface area contributed by atoms with Crippen molar-refractivity contribution in [1.82, 2.24) is 10.2 Å². The van der Waals surface area contributed by atoms with Gasteiger partial charge in [-0.3, -0.25) is 13.9 Å². The van der Waals surface area contributed by atoms with Gasteiger partial charge in [0.25, 0.3) is 10.0 Å². The second-order valence-corrected chi connectivity index (χ2v) is 11.3. The summed E-state index contributed by atoms with van der Waals surface area (Å²) in [5.74, 6) is -0.00511. The van der Waals surface area contributed by atoms with Gasteiger partial charge in [-0.05, 0) is 75.2 Å². The number of amides is 2. The van der Waals surface area contributed by atoms with Gasteiger partial charge < -0.3 is 19.7 Å². The molecule has 0 aliphatic heterocycles. The van der Waals surface area contributed by atoms with E-state index in [4.69, 9.17) is 9.47 Å². The van der Waals surface area contributed by atoms with Gasteiger partial charge in [-0.2, -0.15) is 0 Å².